The summed E-state index contributed by atoms with van der Waals surface area (Å²) in [6, 6.07) is 0.493. The van der Waals surface area contributed by atoms with Gasteiger partial charge in [-0.05, 0) is 39.5 Å². The minimum Gasteiger partial charge on any atom is -0.465 e. The number of rotatable bonds is 8. The number of carbonyl (C=O) groups is 1. The molecule has 0 amide bonds. The molecule has 1 aliphatic carbocycles. The fourth-order valence-electron chi connectivity index (χ4n) is 2.81. The van der Waals surface area contributed by atoms with Crippen molar-refractivity contribution in [3.05, 3.63) is 0 Å². The second kappa shape index (κ2) is 7.56. The van der Waals surface area contributed by atoms with Gasteiger partial charge in [-0.1, -0.05) is 6.92 Å². The van der Waals surface area contributed by atoms with E-state index in [0.717, 1.165) is 39.1 Å². The lowest BCUT2D eigenvalue weighted by Gasteiger charge is -2.35. The van der Waals surface area contributed by atoms with Crippen LogP contribution in [0.4, 0.5) is 0 Å². The predicted molar refractivity (Wildman–Crippen MR) is 82.3 cm³/mol. The maximum atomic E-state index is 12.3. The van der Waals surface area contributed by atoms with E-state index >= 15 is 0 Å². The molecule has 5 heteroatoms. The third-order valence-corrected chi connectivity index (χ3v) is 4.43. The van der Waals surface area contributed by atoms with E-state index in [1.54, 1.807) is 0 Å². The highest BCUT2D eigenvalue weighted by atomic mass is 16.5. The Balaban J connectivity index is 1.87. The molecule has 1 N–H and O–H groups in total. The molecule has 0 spiro atoms. The number of nitrogens with zero attached hydrogens (tertiary/aromatic N) is 1. The Morgan fingerprint density at radius 3 is 2.81 bits per heavy atom. The Bertz CT molecular complexity index is 346. The molecule has 2 unspecified atom stereocenters. The average Bonchev–Trinajstić information content (AvgIpc) is 3.29. The van der Waals surface area contributed by atoms with Gasteiger partial charge in [0.15, 0.2) is 0 Å². The monoisotopic (exact) mass is 298 g/mol. The molecule has 2 rings (SSSR count). The molecule has 0 bridgehead atoms. The Morgan fingerprint density at radius 2 is 2.19 bits per heavy atom. The van der Waals surface area contributed by atoms with Crippen LogP contribution in [0, 0.1) is 0 Å². The van der Waals surface area contributed by atoms with E-state index in [-0.39, 0.29) is 5.97 Å². The normalized spacial score (nSPS) is 26.3. The Labute approximate surface area is 128 Å². The molecule has 0 aromatic carbocycles. The van der Waals surface area contributed by atoms with Crippen molar-refractivity contribution in [2.75, 3.05) is 32.8 Å². The number of hydrogen-bond acceptors (Lipinski definition) is 5. The number of hydrogen-bond donors (Lipinski definition) is 1. The largest absolute Gasteiger partial charge is 0.465 e. The molecule has 0 aromatic rings. The first kappa shape index (κ1) is 16.7. The van der Waals surface area contributed by atoms with Crippen molar-refractivity contribution in [2.45, 2.75) is 64.1 Å². The molecule has 2 atom stereocenters. The van der Waals surface area contributed by atoms with Crippen LogP contribution in [0.15, 0.2) is 0 Å². The minimum atomic E-state index is -0.558. The first-order valence-corrected chi connectivity index (χ1v) is 8.36. The highest BCUT2D eigenvalue weighted by molar-refractivity contribution is 5.80. The smallest absolute Gasteiger partial charge is 0.326 e. The predicted octanol–water partition coefficient (Wildman–Crippen LogP) is 1.56. The zero-order valence-corrected chi connectivity index (χ0v) is 13.7. The lowest BCUT2D eigenvalue weighted by Crippen LogP contribution is -2.54. The van der Waals surface area contributed by atoms with Crippen LogP contribution in [0.1, 0.15) is 46.5 Å². The lowest BCUT2D eigenvalue weighted by molar-refractivity contribution is -0.151. The third-order valence-electron chi connectivity index (χ3n) is 4.43. The molecule has 1 saturated heterocycles. The fraction of sp³-hybridized carbons (Fsp3) is 0.938. The number of ether oxygens (including phenoxy) is 2. The van der Waals surface area contributed by atoms with Gasteiger partial charge in [-0.3, -0.25) is 15.0 Å². The van der Waals surface area contributed by atoms with E-state index in [1.807, 2.05) is 13.8 Å². The van der Waals surface area contributed by atoms with E-state index < -0.39 is 5.54 Å². The summed E-state index contributed by atoms with van der Waals surface area (Å²) in [5.74, 6) is -0.114. The third kappa shape index (κ3) is 4.94. The van der Waals surface area contributed by atoms with E-state index in [9.17, 15) is 4.79 Å². The van der Waals surface area contributed by atoms with Gasteiger partial charge in [0.2, 0.25) is 0 Å². The van der Waals surface area contributed by atoms with Gasteiger partial charge in [0.25, 0.3) is 0 Å². The zero-order valence-electron chi connectivity index (χ0n) is 13.7. The summed E-state index contributed by atoms with van der Waals surface area (Å²) in [7, 11) is 0. The van der Waals surface area contributed by atoms with Gasteiger partial charge in [-0.15, -0.1) is 0 Å². The highest BCUT2D eigenvalue weighted by Gasteiger charge is 2.39. The van der Waals surface area contributed by atoms with Gasteiger partial charge < -0.3 is 9.47 Å². The van der Waals surface area contributed by atoms with Crippen LogP contribution >= 0.6 is 0 Å². The molecule has 5 nitrogen and oxygen atoms in total. The number of nitrogens with one attached hydrogen (secondary N) is 1. The van der Waals surface area contributed by atoms with Crippen molar-refractivity contribution >= 4 is 5.97 Å². The summed E-state index contributed by atoms with van der Waals surface area (Å²) < 4.78 is 11.0. The van der Waals surface area contributed by atoms with Gasteiger partial charge in [-0.25, -0.2) is 0 Å². The molecule has 1 heterocycles. The lowest BCUT2D eigenvalue weighted by atomic mass is 9.97. The second-order valence-electron chi connectivity index (χ2n) is 6.42. The maximum absolute atomic E-state index is 12.3. The van der Waals surface area contributed by atoms with E-state index in [1.165, 1.54) is 12.8 Å². The zero-order chi connectivity index (χ0) is 15.3. The fourth-order valence-corrected chi connectivity index (χ4v) is 2.81. The van der Waals surface area contributed by atoms with Crippen molar-refractivity contribution in [2.24, 2.45) is 0 Å². The maximum Gasteiger partial charge on any atom is 0.326 e. The van der Waals surface area contributed by atoms with Gasteiger partial charge in [0.05, 0.1) is 19.3 Å². The first-order valence-electron chi connectivity index (χ1n) is 8.36. The summed E-state index contributed by atoms with van der Waals surface area (Å²) >= 11 is 0. The molecule has 1 aliphatic heterocycles. The van der Waals surface area contributed by atoms with Crippen LogP contribution in [0.3, 0.4) is 0 Å². The first-order chi connectivity index (χ1) is 10.1. The molecule has 122 valence electrons. The van der Waals surface area contributed by atoms with Gasteiger partial charge in [-0.2, -0.15) is 0 Å². The van der Waals surface area contributed by atoms with Gasteiger partial charge in [0, 0.05) is 25.7 Å². The molecule has 0 aromatic heterocycles. The Hall–Kier alpha value is -0.650. The molecular weight excluding hydrogens is 268 g/mol. The number of morpholine rings is 1. The molecule has 21 heavy (non-hydrogen) atoms. The van der Waals surface area contributed by atoms with Crippen LogP contribution in [0.2, 0.25) is 0 Å². The average molecular weight is 298 g/mol. The number of esters is 1. The van der Waals surface area contributed by atoms with E-state index in [2.05, 4.69) is 17.1 Å². The van der Waals surface area contributed by atoms with Gasteiger partial charge in [0.1, 0.15) is 5.54 Å². The summed E-state index contributed by atoms with van der Waals surface area (Å²) in [6.45, 7) is 10.1. The minimum absolute atomic E-state index is 0.114. The van der Waals surface area contributed by atoms with Crippen molar-refractivity contribution in [3.63, 3.8) is 0 Å². The van der Waals surface area contributed by atoms with Gasteiger partial charge >= 0.3 is 5.97 Å². The van der Waals surface area contributed by atoms with Crippen molar-refractivity contribution in [1.82, 2.24) is 10.2 Å². The van der Waals surface area contributed by atoms with Crippen molar-refractivity contribution in [3.8, 4) is 0 Å². The van der Waals surface area contributed by atoms with E-state index in [0.29, 0.717) is 18.8 Å². The summed E-state index contributed by atoms with van der Waals surface area (Å²) in [5, 5.41) is 3.48. The summed E-state index contributed by atoms with van der Waals surface area (Å²) in [6.07, 6.45) is 4.52. The SMILES string of the molecule is CCOC(=O)C(C)(CCN1CCOC(CC)C1)NC1CC1. The summed E-state index contributed by atoms with van der Waals surface area (Å²) in [4.78, 5) is 14.7. The van der Waals surface area contributed by atoms with Crippen molar-refractivity contribution in [1.29, 1.82) is 0 Å². The molecular formula is C16H30N2O3. The summed E-state index contributed by atoms with van der Waals surface area (Å²) in [5.41, 5.74) is -0.558. The number of carbonyl (C=O) groups excluding carboxylic acids is 1. The van der Waals surface area contributed by atoms with Crippen LogP contribution < -0.4 is 5.32 Å². The van der Waals surface area contributed by atoms with Crippen LogP contribution in [-0.2, 0) is 14.3 Å². The van der Waals surface area contributed by atoms with E-state index in [4.69, 9.17) is 9.47 Å². The Morgan fingerprint density at radius 1 is 1.43 bits per heavy atom. The molecule has 2 aliphatic rings. The molecule has 0 radical (unpaired) electrons. The van der Waals surface area contributed by atoms with Crippen LogP contribution in [0.5, 0.6) is 0 Å². The molecule has 1 saturated carbocycles. The Kier molecular flexibility index (Phi) is 6.02. The molecule has 2 fully saturated rings. The highest BCUT2D eigenvalue weighted by Crippen LogP contribution is 2.25. The van der Waals surface area contributed by atoms with Crippen LogP contribution in [-0.4, -0.2) is 61.4 Å². The standard InChI is InChI=1S/C16H30N2O3/c1-4-14-12-18(10-11-21-14)9-8-16(3,15(19)20-5-2)17-13-6-7-13/h13-14,17H,4-12H2,1-3H3. The topological polar surface area (TPSA) is 50.8 Å². The van der Waals surface area contributed by atoms with Crippen molar-refractivity contribution < 1.29 is 14.3 Å². The quantitative estimate of drug-likeness (QED) is 0.689. The van der Waals surface area contributed by atoms with Crippen LogP contribution in [0.25, 0.3) is 0 Å². The second-order valence-corrected chi connectivity index (χ2v) is 6.42.